The molecule has 0 atom stereocenters. The third kappa shape index (κ3) is 3.71. The van der Waals surface area contributed by atoms with E-state index in [2.05, 4.69) is 85.8 Å². The third-order valence-electron chi connectivity index (χ3n) is 5.40. The third-order valence-corrected chi connectivity index (χ3v) is 9.76. The van der Waals surface area contributed by atoms with Crippen molar-refractivity contribution in [1.82, 2.24) is 0 Å². The molecule has 0 unspecified atom stereocenters. The Morgan fingerprint density at radius 1 is 1.17 bits per heavy atom. The van der Waals surface area contributed by atoms with E-state index in [9.17, 15) is 0 Å². The van der Waals surface area contributed by atoms with Gasteiger partial charge in [0.25, 0.3) is 0 Å². The molecule has 0 radical (unpaired) electrons. The predicted molar refractivity (Wildman–Crippen MR) is 106 cm³/mol. The van der Waals surface area contributed by atoms with Gasteiger partial charge in [0.15, 0.2) is 0 Å². The van der Waals surface area contributed by atoms with Gasteiger partial charge in [-0.25, -0.2) is 0 Å². The van der Waals surface area contributed by atoms with Crippen LogP contribution in [0, 0.1) is 11.3 Å². The molecule has 1 aromatic rings. The monoisotopic (exact) mass is 346 g/mol. The molecule has 134 valence electrons. The highest BCUT2D eigenvalue weighted by molar-refractivity contribution is 6.74. The number of benzene rings is 1. The maximum absolute atomic E-state index is 6.47. The molecule has 3 heteroatoms. The molecule has 0 aliphatic carbocycles. The minimum absolute atomic E-state index is 0.0970. The van der Waals surface area contributed by atoms with Crippen molar-refractivity contribution >= 4 is 14.1 Å². The smallest absolute Gasteiger partial charge is 0.250 e. The molecular weight excluding hydrogens is 312 g/mol. The molecule has 0 N–H and O–H groups in total. The SMILES string of the molecule is CC(C)C1=C(c2cccc(O[Si](C)(C)C(C)(C)C)c2)OCC1(C)C. The summed E-state index contributed by atoms with van der Waals surface area (Å²) in [6.45, 7) is 21.2. The predicted octanol–water partition coefficient (Wildman–Crippen LogP) is 6.49. The summed E-state index contributed by atoms with van der Waals surface area (Å²) in [6, 6.07) is 8.44. The van der Waals surface area contributed by atoms with Crippen LogP contribution in [0.1, 0.15) is 54.0 Å². The van der Waals surface area contributed by atoms with Crippen LogP contribution in [0.3, 0.4) is 0 Å². The van der Waals surface area contributed by atoms with Crippen molar-refractivity contribution in [1.29, 1.82) is 0 Å². The van der Waals surface area contributed by atoms with Gasteiger partial charge in [-0.2, -0.15) is 0 Å². The first-order chi connectivity index (χ1) is 10.8. The molecule has 1 aliphatic heterocycles. The Hall–Kier alpha value is -1.22. The van der Waals surface area contributed by atoms with Crippen molar-refractivity contribution in [2.24, 2.45) is 11.3 Å². The molecule has 1 aromatic carbocycles. The lowest BCUT2D eigenvalue weighted by molar-refractivity contribution is 0.220. The fourth-order valence-corrected chi connectivity index (χ4v) is 4.17. The van der Waals surface area contributed by atoms with Gasteiger partial charge in [-0.05, 0) is 41.8 Å². The van der Waals surface area contributed by atoms with Crippen LogP contribution in [-0.2, 0) is 4.74 Å². The van der Waals surface area contributed by atoms with E-state index in [1.54, 1.807) is 0 Å². The normalized spacial score (nSPS) is 18.1. The van der Waals surface area contributed by atoms with Gasteiger partial charge in [-0.15, -0.1) is 0 Å². The molecule has 1 aliphatic rings. The maximum Gasteiger partial charge on any atom is 0.250 e. The van der Waals surface area contributed by atoms with Crippen LogP contribution in [0.5, 0.6) is 5.75 Å². The zero-order valence-corrected chi connectivity index (χ0v) is 17.9. The summed E-state index contributed by atoms with van der Waals surface area (Å²) in [5, 5.41) is 0.192. The molecule has 0 aromatic heterocycles. The van der Waals surface area contributed by atoms with E-state index in [0.29, 0.717) is 5.92 Å². The Balaban J connectivity index is 2.40. The second-order valence-corrected chi connectivity index (χ2v) is 14.2. The van der Waals surface area contributed by atoms with E-state index < -0.39 is 8.32 Å². The molecule has 1 heterocycles. The lowest BCUT2D eigenvalue weighted by Gasteiger charge is -2.36. The topological polar surface area (TPSA) is 18.5 Å². The summed E-state index contributed by atoms with van der Waals surface area (Å²) in [5.41, 5.74) is 2.65. The lowest BCUT2D eigenvalue weighted by atomic mass is 9.79. The van der Waals surface area contributed by atoms with Gasteiger partial charge < -0.3 is 9.16 Å². The Morgan fingerprint density at radius 3 is 2.33 bits per heavy atom. The summed E-state index contributed by atoms with van der Waals surface area (Å²) in [4.78, 5) is 0. The number of hydrogen-bond donors (Lipinski definition) is 0. The van der Waals surface area contributed by atoms with Gasteiger partial charge >= 0.3 is 0 Å². The zero-order valence-electron chi connectivity index (χ0n) is 16.9. The highest BCUT2D eigenvalue weighted by atomic mass is 28.4. The van der Waals surface area contributed by atoms with Crippen molar-refractivity contribution in [3.63, 3.8) is 0 Å². The van der Waals surface area contributed by atoms with Crippen molar-refractivity contribution in [3.05, 3.63) is 35.4 Å². The first-order valence-electron chi connectivity index (χ1n) is 9.02. The van der Waals surface area contributed by atoms with Crippen LogP contribution in [0.25, 0.3) is 5.76 Å². The molecule has 0 saturated carbocycles. The van der Waals surface area contributed by atoms with E-state index in [1.165, 1.54) is 5.57 Å². The number of ether oxygens (including phenoxy) is 1. The highest BCUT2D eigenvalue weighted by Gasteiger charge is 2.39. The standard InChI is InChI=1S/C21H34O2Si/c1-15(2)18-19(22-14-21(18,6)7)16-11-10-12-17(13-16)23-24(8,9)20(3,4)5/h10-13,15H,14H2,1-9H3. The fraction of sp³-hybridized carbons (Fsp3) is 0.619. The summed E-state index contributed by atoms with van der Waals surface area (Å²) in [6.07, 6.45) is 0. The van der Waals surface area contributed by atoms with Gasteiger partial charge in [0.1, 0.15) is 11.5 Å². The molecule has 0 saturated heterocycles. The molecule has 2 rings (SSSR count). The summed E-state index contributed by atoms with van der Waals surface area (Å²) >= 11 is 0. The van der Waals surface area contributed by atoms with Crippen LogP contribution in [0.15, 0.2) is 29.8 Å². The van der Waals surface area contributed by atoms with Gasteiger partial charge in [0.05, 0.1) is 6.61 Å². The maximum atomic E-state index is 6.47. The van der Waals surface area contributed by atoms with Gasteiger partial charge in [-0.3, -0.25) is 0 Å². The Labute approximate surface area is 149 Å². The van der Waals surface area contributed by atoms with Crippen LogP contribution >= 0.6 is 0 Å². The molecular formula is C21H34O2Si. The summed E-state index contributed by atoms with van der Waals surface area (Å²) in [7, 11) is -1.83. The number of rotatable bonds is 4. The van der Waals surface area contributed by atoms with Crippen LogP contribution in [-0.4, -0.2) is 14.9 Å². The molecule has 0 spiro atoms. The van der Waals surface area contributed by atoms with Crippen molar-refractivity contribution < 1.29 is 9.16 Å². The molecule has 2 nitrogen and oxygen atoms in total. The van der Waals surface area contributed by atoms with Crippen molar-refractivity contribution in [2.45, 2.75) is 66.6 Å². The molecule has 0 bridgehead atoms. The van der Waals surface area contributed by atoms with E-state index in [-0.39, 0.29) is 10.5 Å². The minimum atomic E-state index is -1.83. The van der Waals surface area contributed by atoms with Gasteiger partial charge in [0.2, 0.25) is 8.32 Å². The van der Waals surface area contributed by atoms with Crippen LogP contribution in [0.4, 0.5) is 0 Å². The Bertz CT molecular complexity index is 633. The summed E-state index contributed by atoms with van der Waals surface area (Å²) in [5.74, 6) is 2.49. The van der Waals surface area contributed by atoms with Gasteiger partial charge in [-0.1, -0.05) is 60.6 Å². The zero-order chi connectivity index (χ0) is 18.3. The fourth-order valence-electron chi connectivity index (χ4n) is 3.15. The Kier molecular flexibility index (Phi) is 4.98. The average Bonchev–Trinajstić information content (AvgIpc) is 2.73. The van der Waals surface area contributed by atoms with Crippen molar-refractivity contribution in [3.8, 4) is 5.75 Å². The van der Waals surface area contributed by atoms with E-state index in [4.69, 9.17) is 9.16 Å². The number of hydrogen-bond acceptors (Lipinski definition) is 2. The average molecular weight is 347 g/mol. The second-order valence-electron chi connectivity index (χ2n) is 9.46. The molecule has 0 amide bonds. The quantitative estimate of drug-likeness (QED) is 0.580. The van der Waals surface area contributed by atoms with E-state index in [1.807, 2.05) is 0 Å². The van der Waals surface area contributed by atoms with E-state index >= 15 is 0 Å². The first-order valence-corrected chi connectivity index (χ1v) is 11.9. The second kappa shape index (κ2) is 6.25. The van der Waals surface area contributed by atoms with Crippen LogP contribution < -0.4 is 4.43 Å². The highest BCUT2D eigenvalue weighted by Crippen LogP contribution is 2.45. The van der Waals surface area contributed by atoms with Crippen molar-refractivity contribution in [2.75, 3.05) is 6.61 Å². The van der Waals surface area contributed by atoms with Crippen LogP contribution in [0.2, 0.25) is 18.1 Å². The first kappa shape index (κ1) is 19.1. The summed E-state index contributed by atoms with van der Waals surface area (Å²) < 4.78 is 12.6. The lowest BCUT2D eigenvalue weighted by Crippen LogP contribution is -2.43. The largest absolute Gasteiger partial charge is 0.543 e. The van der Waals surface area contributed by atoms with E-state index in [0.717, 1.165) is 23.7 Å². The molecule has 24 heavy (non-hydrogen) atoms. The Morgan fingerprint density at radius 2 is 1.79 bits per heavy atom. The van der Waals surface area contributed by atoms with Gasteiger partial charge in [0, 0.05) is 11.0 Å². The minimum Gasteiger partial charge on any atom is -0.543 e. The molecule has 0 fully saturated rings.